The maximum atomic E-state index is 13.4. The van der Waals surface area contributed by atoms with Gasteiger partial charge in [0.05, 0.1) is 4.90 Å². The first-order valence-electron chi connectivity index (χ1n) is 12.8. The number of likely N-dealkylation sites (N-methyl/N-ethyl adjacent to an activating group) is 1. The highest BCUT2D eigenvalue weighted by Crippen LogP contribution is 2.21. The van der Waals surface area contributed by atoms with Crippen LogP contribution in [0.5, 0.6) is 0 Å². The molecule has 6 N–H and O–H groups in total. The number of amidine groups is 1. The van der Waals surface area contributed by atoms with Gasteiger partial charge >= 0.3 is 5.97 Å². The van der Waals surface area contributed by atoms with Crippen molar-refractivity contribution >= 4 is 44.2 Å². The number of nitrogens with one attached hydrogen (secondary N) is 2. The van der Waals surface area contributed by atoms with Crippen LogP contribution in [0.2, 0.25) is 0 Å². The number of amides is 2. The van der Waals surface area contributed by atoms with Crippen molar-refractivity contribution in [3.05, 3.63) is 77.9 Å². The average Bonchev–Trinajstić information content (AvgIpc) is 2.90. The number of sulfone groups is 1. The molecule has 2 amide bonds. The third-order valence-electron chi connectivity index (χ3n) is 6.12. The summed E-state index contributed by atoms with van der Waals surface area (Å²) in [5, 5.41) is 9.50. The standard InChI is InChI=1S/C29H35N5O6S/c1-29(2,3)40-24(35)17-34(4)28(37)23(15-18-9-11-20(12-10-18)25(30)31)33-27(36)26(32)41(38,39)22-14-13-19-7-5-6-8-21(19)16-22/h5-14,16,23,26H,15,17,32H2,1-4H3,(H3,30,31)(H,33,36)/t23-,26?/m0/s1. The van der Waals surface area contributed by atoms with Gasteiger partial charge in [0.2, 0.25) is 15.7 Å². The number of rotatable bonds is 10. The first-order valence-corrected chi connectivity index (χ1v) is 14.3. The van der Waals surface area contributed by atoms with E-state index in [1.165, 1.54) is 19.2 Å². The van der Waals surface area contributed by atoms with Crippen LogP contribution >= 0.6 is 0 Å². The summed E-state index contributed by atoms with van der Waals surface area (Å²) >= 11 is 0. The highest BCUT2D eigenvalue weighted by Gasteiger charge is 2.34. The summed E-state index contributed by atoms with van der Waals surface area (Å²) in [6, 6.07) is 16.7. The smallest absolute Gasteiger partial charge is 0.326 e. The number of fused-ring (bicyclic) bond motifs is 1. The van der Waals surface area contributed by atoms with Gasteiger partial charge in [0.15, 0.2) is 5.37 Å². The molecule has 0 saturated heterocycles. The fourth-order valence-corrected chi connectivity index (χ4v) is 5.25. The Morgan fingerprint density at radius 1 is 1.00 bits per heavy atom. The number of nitrogens with two attached hydrogens (primary N) is 2. The molecule has 0 aromatic heterocycles. The van der Waals surface area contributed by atoms with Crippen molar-refractivity contribution < 1.29 is 27.5 Å². The van der Waals surface area contributed by atoms with Crippen molar-refractivity contribution in [2.24, 2.45) is 11.5 Å². The summed E-state index contributed by atoms with van der Waals surface area (Å²) in [4.78, 5) is 39.9. The normalized spacial score (nSPS) is 13.2. The third-order valence-corrected chi connectivity index (χ3v) is 7.92. The third kappa shape index (κ3) is 8.12. The van der Waals surface area contributed by atoms with Gasteiger partial charge in [-0.15, -0.1) is 0 Å². The maximum absolute atomic E-state index is 13.4. The van der Waals surface area contributed by atoms with Gasteiger partial charge in [-0.2, -0.15) is 0 Å². The molecule has 2 atom stereocenters. The topological polar surface area (TPSA) is 186 Å². The van der Waals surface area contributed by atoms with Crippen LogP contribution < -0.4 is 16.8 Å². The number of nitrogens with zero attached hydrogens (tertiary/aromatic N) is 1. The van der Waals surface area contributed by atoms with Gasteiger partial charge in [0, 0.05) is 19.0 Å². The Kier molecular flexibility index (Phi) is 9.51. The molecule has 218 valence electrons. The minimum Gasteiger partial charge on any atom is -0.459 e. The van der Waals surface area contributed by atoms with E-state index >= 15 is 0 Å². The van der Waals surface area contributed by atoms with Crippen LogP contribution in [0.1, 0.15) is 31.9 Å². The molecular weight excluding hydrogens is 546 g/mol. The van der Waals surface area contributed by atoms with Crippen LogP contribution in [0.4, 0.5) is 0 Å². The monoisotopic (exact) mass is 581 g/mol. The molecule has 3 rings (SSSR count). The van der Waals surface area contributed by atoms with E-state index in [4.69, 9.17) is 21.6 Å². The second-order valence-electron chi connectivity index (χ2n) is 10.6. The van der Waals surface area contributed by atoms with Crippen LogP contribution in [0.15, 0.2) is 71.6 Å². The molecular formula is C29H35N5O6S. The Bertz CT molecular complexity index is 1560. The van der Waals surface area contributed by atoms with E-state index in [0.29, 0.717) is 16.5 Å². The second kappa shape index (κ2) is 12.5. The van der Waals surface area contributed by atoms with Crippen LogP contribution in [0.3, 0.4) is 0 Å². The molecule has 0 fully saturated rings. The Morgan fingerprint density at radius 3 is 2.20 bits per heavy atom. The predicted molar refractivity (Wildman–Crippen MR) is 156 cm³/mol. The lowest BCUT2D eigenvalue weighted by Crippen LogP contribution is -2.55. The lowest BCUT2D eigenvalue weighted by molar-refractivity contribution is -0.158. The van der Waals surface area contributed by atoms with Gasteiger partial charge in [-0.1, -0.05) is 54.6 Å². The van der Waals surface area contributed by atoms with Crippen LogP contribution in [0.25, 0.3) is 10.8 Å². The summed E-state index contributed by atoms with van der Waals surface area (Å²) in [7, 11) is -2.95. The summed E-state index contributed by atoms with van der Waals surface area (Å²) in [5.41, 5.74) is 11.8. The van der Waals surface area contributed by atoms with Crippen LogP contribution in [-0.4, -0.2) is 67.5 Å². The minimum atomic E-state index is -4.32. The molecule has 1 unspecified atom stereocenters. The molecule has 11 nitrogen and oxygen atoms in total. The molecule has 0 aliphatic heterocycles. The highest BCUT2D eigenvalue weighted by molar-refractivity contribution is 7.92. The fraction of sp³-hybridized carbons (Fsp3) is 0.310. The molecule has 0 aliphatic carbocycles. The lowest BCUT2D eigenvalue weighted by Gasteiger charge is -2.27. The van der Waals surface area contributed by atoms with Gasteiger partial charge in [0.25, 0.3) is 5.91 Å². The molecule has 0 radical (unpaired) electrons. The van der Waals surface area contributed by atoms with Gasteiger partial charge in [-0.25, -0.2) is 8.42 Å². The van der Waals surface area contributed by atoms with Gasteiger partial charge in [0.1, 0.15) is 24.0 Å². The van der Waals surface area contributed by atoms with Gasteiger partial charge < -0.3 is 26.4 Å². The molecule has 0 saturated carbocycles. The molecule has 41 heavy (non-hydrogen) atoms. The number of hydrogen-bond donors (Lipinski definition) is 4. The Morgan fingerprint density at radius 2 is 1.61 bits per heavy atom. The largest absolute Gasteiger partial charge is 0.459 e. The molecule has 0 spiro atoms. The number of benzene rings is 3. The number of hydrogen-bond acceptors (Lipinski definition) is 8. The zero-order valence-electron chi connectivity index (χ0n) is 23.4. The maximum Gasteiger partial charge on any atom is 0.326 e. The van der Waals surface area contributed by atoms with E-state index in [2.05, 4.69) is 5.32 Å². The van der Waals surface area contributed by atoms with Crippen molar-refractivity contribution in [3.63, 3.8) is 0 Å². The number of carbonyl (C=O) groups excluding carboxylic acids is 3. The quantitative estimate of drug-likeness (QED) is 0.158. The van der Waals surface area contributed by atoms with Crippen molar-refractivity contribution in [2.45, 2.75) is 49.1 Å². The summed E-state index contributed by atoms with van der Waals surface area (Å²) < 4.78 is 31.8. The molecule has 12 heteroatoms. The molecule has 0 bridgehead atoms. The first kappa shape index (κ1) is 31.2. The van der Waals surface area contributed by atoms with E-state index in [9.17, 15) is 22.8 Å². The Labute approximate surface area is 239 Å². The SMILES string of the molecule is CN(CC(=O)OC(C)(C)C)C(=O)[C@H](Cc1ccc(C(=N)N)cc1)NC(=O)C(N)S(=O)(=O)c1ccc2ccccc2c1. The van der Waals surface area contributed by atoms with Crippen molar-refractivity contribution in [2.75, 3.05) is 13.6 Å². The van der Waals surface area contributed by atoms with Crippen molar-refractivity contribution in [3.8, 4) is 0 Å². The number of carbonyl (C=O) groups is 3. The molecule has 0 heterocycles. The van der Waals surface area contributed by atoms with Gasteiger partial charge in [-0.05, 0) is 49.2 Å². The zero-order chi connectivity index (χ0) is 30.5. The fourth-order valence-electron chi connectivity index (χ4n) is 4.05. The van der Waals surface area contributed by atoms with E-state index < -0.39 is 51.2 Å². The van der Waals surface area contributed by atoms with Crippen LogP contribution in [-0.2, 0) is 35.4 Å². The zero-order valence-corrected chi connectivity index (χ0v) is 24.2. The average molecular weight is 582 g/mol. The van der Waals surface area contributed by atoms with Crippen LogP contribution in [0, 0.1) is 5.41 Å². The number of esters is 1. The Balaban J connectivity index is 1.85. The second-order valence-corrected chi connectivity index (χ2v) is 12.7. The van der Waals surface area contributed by atoms with Crippen molar-refractivity contribution in [1.82, 2.24) is 10.2 Å². The van der Waals surface area contributed by atoms with E-state index in [-0.39, 0.29) is 17.2 Å². The number of nitrogen functional groups attached to an aromatic ring is 1. The first-order chi connectivity index (χ1) is 19.1. The van der Waals surface area contributed by atoms with E-state index in [0.717, 1.165) is 10.3 Å². The summed E-state index contributed by atoms with van der Waals surface area (Å²) in [6.07, 6.45) is -0.0514. The lowest BCUT2D eigenvalue weighted by atomic mass is 10.0. The molecule has 0 aliphatic rings. The number of ether oxygens (including phenoxy) is 1. The molecule has 3 aromatic carbocycles. The molecule has 3 aromatic rings. The predicted octanol–water partition coefficient (Wildman–Crippen LogP) is 1.71. The summed E-state index contributed by atoms with van der Waals surface area (Å²) in [6.45, 7) is 4.68. The summed E-state index contributed by atoms with van der Waals surface area (Å²) in [5.74, 6) is -2.53. The van der Waals surface area contributed by atoms with Gasteiger partial charge in [-0.3, -0.25) is 19.8 Å². The van der Waals surface area contributed by atoms with Crippen molar-refractivity contribution in [1.29, 1.82) is 5.41 Å². The highest BCUT2D eigenvalue weighted by atomic mass is 32.2. The van der Waals surface area contributed by atoms with E-state index in [1.54, 1.807) is 63.2 Å². The minimum absolute atomic E-state index is 0.0514. The van der Waals surface area contributed by atoms with E-state index in [1.807, 2.05) is 12.1 Å². The Hall–Kier alpha value is -4.29.